The maximum absolute atomic E-state index is 11.1. The first-order valence-electron chi connectivity index (χ1n) is 19.5. The Bertz CT molecular complexity index is 634. The molecule has 0 aromatic carbocycles. The second kappa shape index (κ2) is 39.5. The Morgan fingerprint density at radius 3 is 1.18 bits per heavy atom. The number of carbonyl (C=O) groups is 1. The Balaban J connectivity index is 0. The molecule has 0 heterocycles. The molecule has 0 rings (SSSR count). The van der Waals surface area contributed by atoms with Crippen molar-refractivity contribution < 1.29 is 23.7 Å². The van der Waals surface area contributed by atoms with Crippen molar-refractivity contribution in [3.8, 4) is 0 Å². The fourth-order valence-electron chi connectivity index (χ4n) is 5.41. The summed E-state index contributed by atoms with van der Waals surface area (Å²) in [5, 5.41) is 3.61. The van der Waals surface area contributed by atoms with Crippen molar-refractivity contribution in [2.24, 2.45) is 0 Å². The molecule has 6 nitrogen and oxygen atoms in total. The number of unbranched alkanes of at least 4 members (excludes halogenated alkanes) is 25. The first kappa shape index (κ1) is 46.4. The van der Waals surface area contributed by atoms with Gasteiger partial charge in [0.2, 0.25) is 0 Å². The van der Waals surface area contributed by atoms with Gasteiger partial charge in [0, 0.05) is 6.42 Å². The molecule has 0 aliphatic rings. The smallest absolute Gasteiger partial charge is 0.371 e. The molecule has 45 heavy (non-hydrogen) atoms. The van der Waals surface area contributed by atoms with Crippen LogP contribution in [-0.2, 0) is 13.9 Å². The van der Waals surface area contributed by atoms with Crippen molar-refractivity contribution in [3.63, 3.8) is 0 Å². The molecule has 0 bridgehead atoms. The third-order valence-corrected chi connectivity index (χ3v) is 8.72. The van der Waals surface area contributed by atoms with Crippen LogP contribution in [0.25, 0.3) is 0 Å². The van der Waals surface area contributed by atoms with Crippen LogP contribution in [-0.4, -0.2) is 28.8 Å². The molecule has 0 aromatic heterocycles. The first-order chi connectivity index (χ1) is 21.9. The summed E-state index contributed by atoms with van der Waals surface area (Å²) in [4.78, 5) is 28.0. The Morgan fingerprint density at radius 1 is 0.511 bits per heavy atom. The predicted molar refractivity (Wildman–Crippen MR) is 196 cm³/mol. The number of phosphoric ester groups is 1. The third kappa shape index (κ3) is 47.8. The summed E-state index contributed by atoms with van der Waals surface area (Å²) in [5.74, 6) is -0.819. The van der Waals surface area contributed by atoms with Crippen LogP contribution >= 0.6 is 7.82 Å². The molecule has 0 atom stereocenters. The predicted octanol–water partition coefficient (Wildman–Crippen LogP) is 12.5. The standard InChI is InChI=1S/C20H43N.C18H35O5P/c1-3-5-7-9-11-13-15-17-19-21-20-18-16-14-12-10-8-6-4-2;1-2-3-4-5-6-7-8-9-10-11-12-13-14-15-16-17-18(19)23-24(20,21)22/h21H,3-20H2,1-2H3;9-10H,2-8,11-17H2,1H3,(H2,20,21,22). The molecule has 0 radical (unpaired) electrons. The summed E-state index contributed by atoms with van der Waals surface area (Å²) in [6.45, 7) is 9.30. The fourth-order valence-corrected chi connectivity index (χ4v) is 5.77. The van der Waals surface area contributed by atoms with Crippen molar-refractivity contribution in [2.45, 2.75) is 213 Å². The second-order valence-electron chi connectivity index (χ2n) is 13.0. The monoisotopic (exact) mass is 660 g/mol. The molecule has 0 spiro atoms. The quantitative estimate of drug-likeness (QED) is 0.0361. The normalized spacial score (nSPS) is 11.6. The highest BCUT2D eigenvalue weighted by Gasteiger charge is 2.19. The van der Waals surface area contributed by atoms with E-state index in [2.05, 4.69) is 42.8 Å². The van der Waals surface area contributed by atoms with E-state index in [1.165, 1.54) is 161 Å². The van der Waals surface area contributed by atoms with E-state index in [1.54, 1.807) is 0 Å². The molecule has 0 amide bonds. The van der Waals surface area contributed by atoms with E-state index in [0.717, 1.165) is 32.1 Å². The van der Waals surface area contributed by atoms with E-state index in [-0.39, 0.29) is 6.42 Å². The molecule has 0 saturated carbocycles. The molecule has 0 fully saturated rings. The average Bonchev–Trinajstić information content (AvgIpc) is 3.00. The highest BCUT2D eigenvalue weighted by molar-refractivity contribution is 7.46. The number of rotatable bonds is 34. The van der Waals surface area contributed by atoms with Crippen LogP contribution in [0.4, 0.5) is 0 Å². The molecule has 3 N–H and O–H groups in total. The molecule has 7 heteroatoms. The van der Waals surface area contributed by atoms with E-state index in [0.29, 0.717) is 6.42 Å². The van der Waals surface area contributed by atoms with E-state index >= 15 is 0 Å². The van der Waals surface area contributed by atoms with Gasteiger partial charge in [0.15, 0.2) is 0 Å². The van der Waals surface area contributed by atoms with Crippen LogP contribution in [0.1, 0.15) is 213 Å². The zero-order valence-corrected chi connectivity index (χ0v) is 31.2. The van der Waals surface area contributed by atoms with Gasteiger partial charge in [-0.2, -0.15) is 0 Å². The van der Waals surface area contributed by atoms with E-state index in [4.69, 9.17) is 9.79 Å². The van der Waals surface area contributed by atoms with Gasteiger partial charge >= 0.3 is 13.8 Å². The van der Waals surface area contributed by atoms with Gasteiger partial charge in [-0.15, -0.1) is 0 Å². The van der Waals surface area contributed by atoms with Gasteiger partial charge < -0.3 is 9.84 Å². The van der Waals surface area contributed by atoms with Gasteiger partial charge in [0.05, 0.1) is 0 Å². The lowest BCUT2D eigenvalue weighted by molar-refractivity contribution is -0.135. The van der Waals surface area contributed by atoms with Crippen LogP contribution in [0.15, 0.2) is 12.2 Å². The van der Waals surface area contributed by atoms with Gasteiger partial charge in [-0.05, 0) is 58.0 Å². The molecule has 0 aromatic rings. The average molecular weight is 660 g/mol. The number of allylic oxidation sites excluding steroid dienone is 2. The van der Waals surface area contributed by atoms with E-state index < -0.39 is 13.8 Å². The SMILES string of the molecule is CCCCCCCCC=CCCCCCCCC(=O)OP(=O)(O)O.CCCCCCCCCCNCCCCCCCCCC. The third-order valence-electron chi connectivity index (χ3n) is 8.28. The lowest BCUT2D eigenvalue weighted by Gasteiger charge is -2.05. The second-order valence-corrected chi connectivity index (χ2v) is 14.2. The minimum atomic E-state index is -4.67. The van der Waals surface area contributed by atoms with E-state index in [1.807, 2.05) is 0 Å². The van der Waals surface area contributed by atoms with Crippen LogP contribution in [0, 0.1) is 0 Å². The maximum Gasteiger partial charge on any atom is 0.526 e. The van der Waals surface area contributed by atoms with Gasteiger partial charge in [-0.3, -0.25) is 14.6 Å². The topological polar surface area (TPSA) is 95.9 Å². The number of nitrogens with one attached hydrogen (secondary N) is 1. The van der Waals surface area contributed by atoms with Gasteiger partial charge in [0.1, 0.15) is 0 Å². The molecule has 0 aliphatic carbocycles. The van der Waals surface area contributed by atoms with Crippen LogP contribution < -0.4 is 5.32 Å². The van der Waals surface area contributed by atoms with Crippen molar-refractivity contribution >= 4 is 13.8 Å². The van der Waals surface area contributed by atoms with Crippen molar-refractivity contribution in [2.75, 3.05) is 13.1 Å². The molecule has 270 valence electrons. The van der Waals surface area contributed by atoms with Gasteiger partial charge in [0.25, 0.3) is 0 Å². The zero-order valence-electron chi connectivity index (χ0n) is 30.3. The zero-order chi connectivity index (χ0) is 33.5. The summed E-state index contributed by atoms with van der Waals surface area (Å²) in [5.41, 5.74) is 0. The number of carbonyl (C=O) groups excluding carboxylic acids is 1. The number of hydrogen-bond donors (Lipinski definition) is 3. The number of hydrogen-bond acceptors (Lipinski definition) is 4. The van der Waals surface area contributed by atoms with Crippen LogP contribution in [0.5, 0.6) is 0 Å². The Labute approximate surface area is 281 Å². The van der Waals surface area contributed by atoms with E-state index in [9.17, 15) is 9.36 Å². The molecule has 0 saturated heterocycles. The van der Waals surface area contributed by atoms with Crippen molar-refractivity contribution in [3.05, 3.63) is 12.2 Å². The largest absolute Gasteiger partial charge is 0.526 e. The maximum atomic E-state index is 11.1. The Hall–Kier alpha value is -0.680. The summed E-state index contributed by atoms with van der Waals surface area (Å²) < 4.78 is 14.4. The summed E-state index contributed by atoms with van der Waals surface area (Å²) in [6, 6.07) is 0. The fraction of sp³-hybridized carbons (Fsp3) is 0.921. The van der Waals surface area contributed by atoms with Crippen molar-refractivity contribution in [1.29, 1.82) is 0 Å². The minimum Gasteiger partial charge on any atom is -0.371 e. The highest BCUT2D eigenvalue weighted by atomic mass is 31.2. The minimum absolute atomic E-state index is 0.0727. The van der Waals surface area contributed by atoms with Crippen LogP contribution in [0.2, 0.25) is 0 Å². The molecular weight excluding hydrogens is 581 g/mol. The lowest BCUT2D eigenvalue weighted by Crippen LogP contribution is -2.16. The Morgan fingerprint density at radius 2 is 0.822 bits per heavy atom. The molecular formula is C38H78NO5P. The van der Waals surface area contributed by atoms with Gasteiger partial charge in [-0.25, -0.2) is 4.57 Å². The first-order valence-corrected chi connectivity index (χ1v) is 21.0. The molecule has 0 aliphatic heterocycles. The summed E-state index contributed by atoms with van der Waals surface area (Å²) >= 11 is 0. The summed E-state index contributed by atoms with van der Waals surface area (Å²) in [7, 11) is -4.67. The highest BCUT2D eigenvalue weighted by Crippen LogP contribution is 2.36. The molecule has 0 unspecified atom stereocenters. The van der Waals surface area contributed by atoms with Gasteiger partial charge in [-0.1, -0.05) is 174 Å². The Kier molecular flexibility index (Phi) is 40.8. The lowest BCUT2D eigenvalue weighted by atomic mass is 10.1. The van der Waals surface area contributed by atoms with Crippen molar-refractivity contribution in [1.82, 2.24) is 5.32 Å². The number of phosphoric acid groups is 1. The van der Waals surface area contributed by atoms with Crippen LogP contribution in [0.3, 0.4) is 0 Å². The summed E-state index contributed by atoms with van der Waals surface area (Å²) in [6.07, 6.45) is 42.6.